The van der Waals surface area contributed by atoms with Gasteiger partial charge in [0.25, 0.3) is 0 Å². The zero-order valence-electron chi connectivity index (χ0n) is 58.7. The average molecular weight is 922 g/mol. The Morgan fingerprint density at radius 2 is 0.812 bits per heavy atom. The summed E-state index contributed by atoms with van der Waals surface area (Å²) >= 11 is 0. The Labute approximate surface area is 432 Å². The van der Waals surface area contributed by atoms with Gasteiger partial charge in [0.1, 0.15) is 11.2 Å². The maximum atomic E-state index is 10.1. The van der Waals surface area contributed by atoms with E-state index < -0.39 is 220 Å². The predicted molar refractivity (Wildman–Crippen MR) is 287 cm³/mol. The number of furan rings is 1. The number of aromatic nitrogens is 4. The van der Waals surface area contributed by atoms with Crippen LogP contribution in [0, 0.1) is 0 Å². The Morgan fingerprint density at radius 1 is 0.348 bits per heavy atom. The predicted octanol–water partition coefficient (Wildman–Crippen LogP) is 12.9. The summed E-state index contributed by atoms with van der Waals surface area (Å²) in [5.74, 6) is -1.61. The van der Waals surface area contributed by atoms with Gasteiger partial charge >= 0.3 is 0 Å². The van der Waals surface area contributed by atoms with Gasteiger partial charge in [0, 0.05) is 43.9 Å². The molecule has 0 saturated carbocycles. The Morgan fingerprint density at radius 3 is 1.42 bits per heavy atom. The minimum atomic E-state index is -3.21. The van der Waals surface area contributed by atoms with Crippen LogP contribution in [-0.2, 0) is 0 Å². The normalized spacial score (nSPS) is 16.4. The second-order valence-corrected chi connectivity index (χ2v) is 19.6. The molecule has 0 atom stereocenters. The van der Waals surface area contributed by atoms with Gasteiger partial charge in [0.15, 0.2) is 25.5 Å². The van der Waals surface area contributed by atoms with Crippen molar-refractivity contribution in [3.63, 3.8) is 0 Å². The minimum absolute atomic E-state index is 0.204. The molecule has 5 nitrogen and oxygen atoms in total. The zero-order valence-corrected chi connectivity index (χ0v) is 36.7. The molecule has 0 aliphatic rings. The summed E-state index contributed by atoms with van der Waals surface area (Å²) < 4.78 is 216. The number of rotatable bonds is 9. The molecule has 0 fully saturated rings. The lowest BCUT2D eigenvalue weighted by molar-refractivity contribution is 0.669. The molecule has 324 valence electrons. The van der Waals surface area contributed by atoms with Crippen molar-refractivity contribution in [2.75, 3.05) is 0 Å². The summed E-state index contributed by atoms with van der Waals surface area (Å²) in [6.45, 7) is 0. The maximum absolute atomic E-state index is 10.1. The van der Waals surface area contributed by atoms with Crippen molar-refractivity contribution in [3.05, 3.63) is 254 Å². The molecule has 3 heterocycles. The molecule has 6 heteroatoms. The molecular formula is C63H42N4OSi. The molecule has 0 spiro atoms. The van der Waals surface area contributed by atoms with Crippen LogP contribution in [0.4, 0.5) is 0 Å². The molecule has 0 amide bonds. The zero-order chi connectivity index (χ0) is 65.7. The second-order valence-electron chi connectivity index (χ2n) is 15.7. The van der Waals surface area contributed by atoms with E-state index in [1.165, 1.54) is 0 Å². The number of fused-ring (bicyclic) bond motifs is 6. The molecule has 0 N–H and O–H groups in total. The molecule has 13 aromatic rings. The molecule has 69 heavy (non-hydrogen) atoms. The highest BCUT2D eigenvalue weighted by molar-refractivity contribution is 7.19. The van der Waals surface area contributed by atoms with Crippen molar-refractivity contribution in [1.29, 1.82) is 0 Å². The van der Waals surface area contributed by atoms with Gasteiger partial charge in [-0.15, -0.1) is 0 Å². The molecule has 0 saturated heterocycles. The highest BCUT2D eigenvalue weighted by Gasteiger charge is 2.41. The molecule has 0 radical (unpaired) electrons. The van der Waals surface area contributed by atoms with Crippen molar-refractivity contribution < 1.29 is 35.9 Å². The summed E-state index contributed by atoms with van der Waals surface area (Å²) in [4.78, 5) is 14.3. The molecule has 13 rings (SSSR count). The van der Waals surface area contributed by atoms with E-state index in [4.69, 9.17) is 29.5 Å². The Bertz CT molecular complexity index is 5210. The average Bonchev–Trinajstić information content (AvgIpc) is 1.42. The number of hydrogen-bond acceptors (Lipinski definition) is 4. The first-order chi connectivity index (χ1) is 43.8. The molecule has 10 aromatic carbocycles. The summed E-state index contributed by atoms with van der Waals surface area (Å²) in [5.41, 5.74) is -5.11. The first-order valence-corrected chi connectivity index (χ1v) is 23.5. The van der Waals surface area contributed by atoms with Crippen LogP contribution in [0.15, 0.2) is 259 Å². The van der Waals surface area contributed by atoms with Crippen LogP contribution < -0.4 is 20.7 Å². The minimum Gasteiger partial charge on any atom is -0.456 e. The largest absolute Gasteiger partial charge is 0.456 e. The number of para-hydroxylation sites is 3. The lowest BCUT2D eigenvalue weighted by Gasteiger charge is -2.34. The third-order valence-electron chi connectivity index (χ3n) is 11.9. The molecule has 0 aliphatic carbocycles. The van der Waals surface area contributed by atoms with E-state index in [-0.39, 0.29) is 22.2 Å². The quantitative estimate of drug-likeness (QED) is 0.107. The van der Waals surface area contributed by atoms with Crippen LogP contribution in [0.3, 0.4) is 0 Å². The number of hydrogen-bond donors (Lipinski definition) is 0. The first kappa shape index (κ1) is 23.2. The van der Waals surface area contributed by atoms with E-state index >= 15 is 0 Å². The van der Waals surface area contributed by atoms with Crippen LogP contribution in [0.1, 0.15) is 31.5 Å². The van der Waals surface area contributed by atoms with Crippen LogP contribution >= 0.6 is 0 Å². The molecular weight excluding hydrogens is 857 g/mol. The Kier molecular flexibility index (Phi) is 5.61. The van der Waals surface area contributed by atoms with Crippen molar-refractivity contribution in [2.24, 2.45) is 0 Å². The van der Waals surface area contributed by atoms with Crippen LogP contribution in [0.25, 0.3) is 94.7 Å². The van der Waals surface area contributed by atoms with E-state index in [0.717, 1.165) is 25.3 Å². The molecule has 0 unspecified atom stereocenters. The van der Waals surface area contributed by atoms with E-state index in [1.807, 2.05) is 66.7 Å². The second kappa shape index (κ2) is 16.7. The molecule has 0 aliphatic heterocycles. The summed E-state index contributed by atoms with van der Waals surface area (Å²) in [5, 5.41) is 2.40. The lowest BCUT2D eigenvalue weighted by atomic mass is 10.0. The van der Waals surface area contributed by atoms with Gasteiger partial charge in [-0.05, 0) is 80.2 Å². The van der Waals surface area contributed by atoms with Crippen molar-refractivity contribution in [1.82, 2.24) is 19.5 Å². The third kappa shape index (κ3) is 6.88. The van der Waals surface area contributed by atoms with Gasteiger partial charge in [-0.3, -0.25) is 0 Å². The van der Waals surface area contributed by atoms with Crippen LogP contribution in [0.2, 0.25) is 0 Å². The Hall–Kier alpha value is -8.97. The SMILES string of the molecule is [2H]c1c([2H])c(-c2nc(-c3ccc([Si](c4ccccc4)(c4ccccc4)c4ccccc4)cc3)nc(-c3c([2H])c([2H])c([2H])c(-n4c5c([2H])c([2H])c([2H])c([2H])c5c5c([2H])c([2H])c([2H])c([2H])c54)c3[2H])n2)c([2H])c(-c2c([2H])c([2H])c3oc4c([2H])c([2H])c([2H])c([2H])c4c3c2[2H])c1[2H]. The van der Waals surface area contributed by atoms with Gasteiger partial charge in [-0.1, -0.05) is 206 Å². The molecule has 0 bridgehead atoms. The van der Waals surface area contributed by atoms with Gasteiger partial charge in [0.05, 0.1) is 42.6 Å². The van der Waals surface area contributed by atoms with Gasteiger partial charge in [0.2, 0.25) is 0 Å². The first-order valence-electron chi connectivity index (χ1n) is 33.0. The monoisotopic (exact) mass is 921 g/mol. The fourth-order valence-corrected chi connectivity index (χ4v) is 13.6. The van der Waals surface area contributed by atoms with E-state index in [0.29, 0.717) is 0 Å². The van der Waals surface area contributed by atoms with Crippen LogP contribution in [-0.4, -0.2) is 27.6 Å². The smallest absolute Gasteiger partial charge is 0.179 e. The number of benzene rings is 10. The van der Waals surface area contributed by atoms with Crippen molar-refractivity contribution in [2.45, 2.75) is 0 Å². The van der Waals surface area contributed by atoms with Gasteiger partial charge < -0.3 is 8.98 Å². The third-order valence-corrected chi connectivity index (χ3v) is 16.7. The highest BCUT2D eigenvalue weighted by Crippen LogP contribution is 2.36. The maximum Gasteiger partial charge on any atom is 0.179 e. The summed E-state index contributed by atoms with van der Waals surface area (Å²) in [7, 11) is -3.21. The highest BCUT2D eigenvalue weighted by atomic mass is 28.3. The van der Waals surface area contributed by atoms with Crippen molar-refractivity contribution in [3.8, 4) is 51.0 Å². The lowest BCUT2D eigenvalue weighted by Crippen LogP contribution is -2.74. The number of nitrogens with zero attached hydrogens (tertiary/aromatic N) is 4. The van der Waals surface area contributed by atoms with Crippen LogP contribution in [0.5, 0.6) is 0 Å². The van der Waals surface area contributed by atoms with Gasteiger partial charge in [-0.2, -0.15) is 0 Å². The fourth-order valence-electron chi connectivity index (χ4n) is 8.87. The Balaban J connectivity index is 1.13. The van der Waals surface area contributed by atoms with E-state index in [1.54, 1.807) is 12.1 Å². The standard InChI is InChI=1S/C63H42N4OSi/c1-4-22-49(23-5-1)69(50-24-6-2-7-25-50,51-26-8-3-9-27-51)52-37-34-43(35-38-52)61-64-62(46-19-16-18-44(40-46)45-36-39-60-56(42-45)55-30-12-15-33-59(55)68-60)66-63(65-61)47-20-17-21-48(41-47)67-57-31-13-10-28-53(57)54-29-11-14-32-58(54)67/h1-42H/i10D,11D,12D,13D,14D,15D,16D,17D,18D,19D,20D,21D,28D,29D,30D,31D,32D,33D,36D,39D,40D,41D,42D. The summed E-state index contributed by atoms with van der Waals surface area (Å²) in [6, 6.07) is 18.6. The van der Waals surface area contributed by atoms with Gasteiger partial charge in [-0.25, -0.2) is 15.0 Å². The van der Waals surface area contributed by atoms with E-state index in [9.17, 15) is 16.4 Å². The fraction of sp³-hybridized carbons (Fsp3) is 0. The van der Waals surface area contributed by atoms with E-state index in [2.05, 4.69) is 41.4 Å². The topological polar surface area (TPSA) is 56.7 Å². The van der Waals surface area contributed by atoms with Crippen molar-refractivity contribution >= 4 is 72.6 Å². The summed E-state index contributed by atoms with van der Waals surface area (Å²) in [6.07, 6.45) is 0. The molecule has 3 aromatic heterocycles.